The summed E-state index contributed by atoms with van der Waals surface area (Å²) in [6.07, 6.45) is 0. The molecule has 0 radical (unpaired) electrons. The van der Waals surface area contributed by atoms with Gasteiger partial charge in [0, 0.05) is 21.7 Å². The lowest BCUT2D eigenvalue weighted by atomic mass is 9.96. The van der Waals surface area contributed by atoms with Crippen molar-refractivity contribution in [1.82, 2.24) is 0 Å². The third kappa shape index (κ3) is 4.17. The van der Waals surface area contributed by atoms with E-state index in [1.807, 2.05) is 0 Å². The average Bonchev–Trinajstić information content (AvgIpc) is 3.31. The van der Waals surface area contributed by atoms with Crippen LogP contribution in [-0.2, 0) is 0 Å². The van der Waals surface area contributed by atoms with Crippen molar-refractivity contribution in [3.8, 4) is 33.1 Å². The number of thiophene rings is 1. The molecule has 10 heteroatoms. The molecule has 1 aromatic heterocycles. The second-order valence-electron chi connectivity index (χ2n) is 7.11. The van der Waals surface area contributed by atoms with Crippen molar-refractivity contribution >= 4 is 34.6 Å². The minimum atomic E-state index is -1.08. The lowest BCUT2D eigenvalue weighted by Gasteiger charge is -2.14. The van der Waals surface area contributed by atoms with Crippen LogP contribution in [0.25, 0.3) is 21.6 Å². The Morgan fingerprint density at radius 2 is 1.59 bits per heavy atom. The van der Waals surface area contributed by atoms with E-state index in [0.717, 1.165) is 17.4 Å². The standard InChI is InChI=1S/C24H16N2O7S/c27-17-12-15(13-6-2-1-3-7-13)20(21(22(17)28)26(32)33)23(29)25-16-9-5-4-8-14(16)18-10-11-19(34-18)24(30)31/h1-12,27-28H,(H,25,29)(H,30,31). The number of carboxylic acid groups (broad SMARTS) is 1. The number of aromatic hydroxyl groups is 2. The summed E-state index contributed by atoms with van der Waals surface area (Å²) in [5, 5.41) is 43.9. The number of nitrogens with one attached hydrogen (secondary N) is 1. The van der Waals surface area contributed by atoms with E-state index < -0.39 is 39.5 Å². The molecule has 0 aliphatic heterocycles. The fourth-order valence-corrected chi connectivity index (χ4v) is 4.37. The summed E-state index contributed by atoms with van der Waals surface area (Å²) in [7, 11) is 0. The zero-order valence-corrected chi connectivity index (χ0v) is 18.1. The Labute approximate surface area is 196 Å². The van der Waals surface area contributed by atoms with Gasteiger partial charge in [0.15, 0.2) is 5.75 Å². The summed E-state index contributed by atoms with van der Waals surface area (Å²) < 4.78 is 0. The maximum absolute atomic E-state index is 13.4. The predicted octanol–water partition coefficient (Wildman–Crippen LogP) is 5.35. The summed E-state index contributed by atoms with van der Waals surface area (Å²) in [6.45, 7) is 0. The van der Waals surface area contributed by atoms with Crippen LogP contribution in [-0.4, -0.2) is 32.1 Å². The van der Waals surface area contributed by atoms with Crippen molar-refractivity contribution < 1.29 is 29.8 Å². The van der Waals surface area contributed by atoms with E-state index in [4.69, 9.17) is 0 Å². The van der Waals surface area contributed by atoms with E-state index in [0.29, 0.717) is 16.0 Å². The molecule has 0 saturated carbocycles. The molecule has 0 atom stereocenters. The first kappa shape index (κ1) is 22.5. The summed E-state index contributed by atoms with van der Waals surface area (Å²) in [6, 6.07) is 19.0. The molecule has 1 heterocycles. The Kier molecular flexibility index (Phi) is 5.98. The highest BCUT2D eigenvalue weighted by atomic mass is 32.1. The summed E-state index contributed by atoms with van der Waals surface area (Å²) in [4.78, 5) is 36.2. The van der Waals surface area contributed by atoms with Crippen LogP contribution in [0.4, 0.5) is 11.4 Å². The van der Waals surface area contributed by atoms with Crippen LogP contribution in [0.15, 0.2) is 72.8 Å². The number of phenolic OH excluding ortho intramolecular Hbond substituents is 2. The van der Waals surface area contributed by atoms with Gasteiger partial charge in [-0.3, -0.25) is 14.9 Å². The van der Waals surface area contributed by atoms with E-state index >= 15 is 0 Å². The van der Waals surface area contributed by atoms with E-state index in [9.17, 15) is 35.0 Å². The monoisotopic (exact) mass is 476 g/mol. The zero-order chi connectivity index (χ0) is 24.4. The van der Waals surface area contributed by atoms with Crippen molar-refractivity contribution in [2.75, 3.05) is 5.32 Å². The number of carbonyl (C=O) groups excluding carboxylic acids is 1. The van der Waals surface area contributed by atoms with Gasteiger partial charge in [-0.1, -0.05) is 48.5 Å². The van der Waals surface area contributed by atoms with Crippen LogP contribution in [0.5, 0.6) is 11.5 Å². The molecule has 0 fully saturated rings. The van der Waals surface area contributed by atoms with Crippen LogP contribution in [0.1, 0.15) is 20.0 Å². The van der Waals surface area contributed by atoms with Crippen molar-refractivity contribution in [3.63, 3.8) is 0 Å². The van der Waals surface area contributed by atoms with Gasteiger partial charge >= 0.3 is 11.7 Å². The quantitative estimate of drug-likeness (QED) is 0.166. The van der Waals surface area contributed by atoms with Crippen LogP contribution in [0.2, 0.25) is 0 Å². The van der Waals surface area contributed by atoms with Gasteiger partial charge in [0.25, 0.3) is 5.91 Å². The second-order valence-corrected chi connectivity index (χ2v) is 8.19. The van der Waals surface area contributed by atoms with E-state index in [-0.39, 0.29) is 16.1 Å². The molecule has 170 valence electrons. The highest BCUT2D eigenvalue weighted by Gasteiger charge is 2.32. The van der Waals surface area contributed by atoms with Crippen molar-refractivity contribution in [2.24, 2.45) is 0 Å². The number of nitrogens with zero attached hydrogens (tertiary/aromatic N) is 1. The van der Waals surface area contributed by atoms with Crippen molar-refractivity contribution in [1.29, 1.82) is 0 Å². The largest absolute Gasteiger partial charge is 0.504 e. The molecule has 4 aromatic rings. The second kappa shape index (κ2) is 9.04. The third-order valence-corrected chi connectivity index (χ3v) is 6.11. The molecular formula is C24H16N2O7S. The molecule has 34 heavy (non-hydrogen) atoms. The Morgan fingerprint density at radius 3 is 2.24 bits per heavy atom. The normalized spacial score (nSPS) is 10.6. The Morgan fingerprint density at radius 1 is 0.912 bits per heavy atom. The molecule has 9 nitrogen and oxygen atoms in total. The number of hydrogen-bond donors (Lipinski definition) is 4. The number of para-hydroxylation sites is 1. The fourth-order valence-electron chi connectivity index (χ4n) is 3.49. The number of phenols is 2. The molecule has 0 saturated heterocycles. The van der Waals surface area contributed by atoms with Crippen LogP contribution in [0, 0.1) is 10.1 Å². The lowest BCUT2D eigenvalue weighted by Crippen LogP contribution is -2.16. The number of rotatable bonds is 6. The number of nitro groups is 1. The van der Waals surface area contributed by atoms with Crippen LogP contribution >= 0.6 is 11.3 Å². The molecule has 0 spiro atoms. The van der Waals surface area contributed by atoms with E-state index in [1.54, 1.807) is 60.7 Å². The van der Waals surface area contributed by atoms with Gasteiger partial charge < -0.3 is 20.6 Å². The number of benzene rings is 3. The molecule has 1 amide bonds. The molecule has 0 aliphatic rings. The number of hydrogen-bond acceptors (Lipinski definition) is 7. The number of anilines is 1. The highest BCUT2D eigenvalue weighted by Crippen LogP contribution is 2.44. The number of carbonyl (C=O) groups is 2. The highest BCUT2D eigenvalue weighted by molar-refractivity contribution is 7.17. The fraction of sp³-hybridized carbons (Fsp3) is 0. The lowest BCUT2D eigenvalue weighted by molar-refractivity contribution is -0.386. The summed E-state index contributed by atoms with van der Waals surface area (Å²) in [5.41, 5.74) is -0.0881. The predicted molar refractivity (Wildman–Crippen MR) is 127 cm³/mol. The van der Waals surface area contributed by atoms with Gasteiger partial charge in [-0.05, 0) is 29.8 Å². The summed E-state index contributed by atoms with van der Waals surface area (Å²) >= 11 is 1.01. The average molecular weight is 476 g/mol. The Hall–Kier alpha value is -4.70. The van der Waals surface area contributed by atoms with Crippen molar-refractivity contribution in [2.45, 2.75) is 0 Å². The van der Waals surface area contributed by atoms with Gasteiger partial charge in [-0.15, -0.1) is 11.3 Å². The number of carboxylic acids is 1. The first-order valence-corrected chi connectivity index (χ1v) is 10.6. The molecule has 3 aromatic carbocycles. The topological polar surface area (TPSA) is 150 Å². The Bertz CT molecular complexity index is 1430. The molecule has 0 unspecified atom stereocenters. The first-order chi connectivity index (χ1) is 16.3. The number of amides is 1. The van der Waals surface area contributed by atoms with Gasteiger partial charge in [0.1, 0.15) is 10.4 Å². The third-order valence-electron chi connectivity index (χ3n) is 5.01. The van der Waals surface area contributed by atoms with Crippen molar-refractivity contribution in [3.05, 3.63) is 93.4 Å². The van der Waals surface area contributed by atoms with Gasteiger partial charge in [-0.25, -0.2) is 4.79 Å². The van der Waals surface area contributed by atoms with E-state index in [2.05, 4.69) is 5.32 Å². The Balaban J connectivity index is 1.84. The maximum Gasteiger partial charge on any atom is 0.345 e. The SMILES string of the molecule is O=C(O)c1ccc(-c2ccccc2NC(=O)c2c(-c3ccccc3)cc(O)c(O)c2[N+](=O)[O-])s1. The zero-order valence-electron chi connectivity index (χ0n) is 17.3. The minimum absolute atomic E-state index is 0.0573. The van der Waals surface area contributed by atoms with E-state index in [1.165, 1.54) is 6.07 Å². The summed E-state index contributed by atoms with van der Waals surface area (Å²) in [5.74, 6) is -3.72. The first-order valence-electron chi connectivity index (χ1n) is 9.80. The van der Waals surface area contributed by atoms with Gasteiger partial charge in [0.2, 0.25) is 5.75 Å². The van der Waals surface area contributed by atoms with Gasteiger partial charge in [0.05, 0.1) is 4.92 Å². The molecule has 4 rings (SSSR count). The molecule has 4 N–H and O–H groups in total. The van der Waals surface area contributed by atoms with Gasteiger partial charge in [-0.2, -0.15) is 0 Å². The maximum atomic E-state index is 13.4. The number of nitro benzene ring substituents is 1. The minimum Gasteiger partial charge on any atom is -0.504 e. The molecule has 0 bridgehead atoms. The molecule has 0 aliphatic carbocycles. The van der Waals surface area contributed by atoms with Crippen LogP contribution < -0.4 is 5.32 Å². The van der Waals surface area contributed by atoms with Crippen LogP contribution in [0.3, 0.4) is 0 Å². The molecular weight excluding hydrogens is 460 g/mol. The number of aromatic carboxylic acids is 1. The smallest absolute Gasteiger partial charge is 0.345 e.